The van der Waals surface area contributed by atoms with E-state index in [2.05, 4.69) is 10.2 Å². The minimum atomic E-state index is -0.434. The highest BCUT2D eigenvalue weighted by Gasteiger charge is 2.41. The summed E-state index contributed by atoms with van der Waals surface area (Å²) in [6, 6.07) is 7.29. The number of carbonyl (C=O) groups excluding carboxylic acids is 2. The Hall–Kier alpha value is -2.58. The van der Waals surface area contributed by atoms with Crippen LogP contribution in [0.2, 0.25) is 5.02 Å². The summed E-state index contributed by atoms with van der Waals surface area (Å²) >= 11 is 6.13. The third kappa shape index (κ3) is 6.73. The number of nitrogens with one attached hydrogen (secondary N) is 1. The molecule has 0 aliphatic carbocycles. The van der Waals surface area contributed by atoms with Gasteiger partial charge in [-0.1, -0.05) is 17.7 Å². The van der Waals surface area contributed by atoms with Crippen molar-refractivity contribution in [3.63, 3.8) is 0 Å². The minimum Gasteiger partial charge on any atom is -0.493 e. The topological polar surface area (TPSA) is 87.8 Å². The Kier molecular flexibility index (Phi) is 8.45. The third-order valence-electron chi connectivity index (χ3n) is 6.66. The monoisotopic (exact) mass is 488 g/mol. The molecule has 2 fully saturated rings. The molecule has 1 aromatic carbocycles. The summed E-state index contributed by atoms with van der Waals surface area (Å²) in [5, 5.41) is 7.37. The zero-order chi connectivity index (χ0) is 23.8. The molecule has 2 aliphatic heterocycles. The van der Waals surface area contributed by atoms with Gasteiger partial charge in [0.05, 0.1) is 26.0 Å². The molecule has 2 aromatic rings. The number of H-pyrrole nitrogens is 1. The predicted molar refractivity (Wildman–Crippen MR) is 129 cm³/mol. The second-order valence-corrected chi connectivity index (χ2v) is 9.73. The Morgan fingerprint density at radius 1 is 1.18 bits per heavy atom. The van der Waals surface area contributed by atoms with Gasteiger partial charge in [-0.05, 0) is 49.4 Å². The van der Waals surface area contributed by atoms with E-state index in [9.17, 15) is 9.59 Å². The molecular weight excluding hydrogens is 456 g/mol. The molecule has 1 N–H and O–H groups in total. The molecule has 1 atom stereocenters. The summed E-state index contributed by atoms with van der Waals surface area (Å²) in [6.45, 7) is 3.96. The van der Waals surface area contributed by atoms with Gasteiger partial charge in [-0.15, -0.1) is 0 Å². The summed E-state index contributed by atoms with van der Waals surface area (Å²) in [5.74, 6) is 0.913. The van der Waals surface area contributed by atoms with E-state index in [0.29, 0.717) is 63.1 Å². The molecule has 4 rings (SSSR count). The van der Waals surface area contributed by atoms with Crippen molar-refractivity contribution in [2.45, 2.75) is 38.5 Å². The maximum atomic E-state index is 13.2. The van der Waals surface area contributed by atoms with Gasteiger partial charge in [0, 0.05) is 55.7 Å². The third-order valence-corrected chi connectivity index (χ3v) is 6.89. The molecule has 3 heterocycles. The van der Waals surface area contributed by atoms with Crippen molar-refractivity contribution in [2.24, 2.45) is 5.41 Å². The fourth-order valence-corrected chi connectivity index (χ4v) is 4.97. The number of ether oxygens (including phenoxy) is 2. The summed E-state index contributed by atoms with van der Waals surface area (Å²) in [7, 11) is 0. The van der Waals surface area contributed by atoms with Gasteiger partial charge >= 0.3 is 0 Å². The van der Waals surface area contributed by atoms with Crippen LogP contribution in [0.15, 0.2) is 36.7 Å². The number of rotatable bonds is 9. The largest absolute Gasteiger partial charge is 0.493 e. The molecule has 184 valence electrons. The number of aryl methyl sites for hydroxylation is 1. The second kappa shape index (κ2) is 11.7. The normalized spacial score (nSPS) is 20.9. The number of morpholine rings is 1. The average Bonchev–Trinajstić information content (AvgIpc) is 3.37. The highest BCUT2D eigenvalue weighted by molar-refractivity contribution is 6.30. The first-order valence-electron chi connectivity index (χ1n) is 12.0. The number of benzene rings is 1. The van der Waals surface area contributed by atoms with Crippen LogP contribution in [0.1, 0.15) is 37.7 Å². The van der Waals surface area contributed by atoms with Gasteiger partial charge < -0.3 is 19.3 Å². The molecule has 0 saturated carbocycles. The highest BCUT2D eigenvalue weighted by atomic mass is 35.5. The first kappa shape index (κ1) is 24.5. The lowest BCUT2D eigenvalue weighted by molar-refractivity contribution is -0.143. The Balaban J connectivity index is 1.41. The van der Waals surface area contributed by atoms with Gasteiger partial charge in [-0.2, -0.15) is 5.10 Å². The number of hydrogen-bond donors (Lipinski definition) is 1. The molecular formula is C25H33ClN4O4. The van der Waals surface area contributed by atoms with Crippen LogP contribution in [0.25, 0.3) is 0 Å². The first-order valence-corrected chi connectivity index (χ1v) is 12.4. The van der Waals surface area contributed by atoms with Gasteiger partial charge in [-0.25, -0.2) is 0 Å². The van der Waals surface area contributed by atoms with Gasteiger partial charge in [0.25, 0.3) is 0 Å². The predicted octanol–water partition coefficient (Wildman–Crippen LogP) is 3.32. The number of carbonyl (C=O) groups is 2. The number of amides is 2. The smallest absolute Gasteiger partial charge is 0.223 e. The number of aromatic amines is 1. The standard InChI is InChI=1S/C25H33ClN4O4/c26-21-5-2-6-22(14-21)34-19-25(15-24(32)29-10-12-33-13-11-29)8-3-9-30(18-25)23(31)7-1-4-20-16-27-28-17-20/h2,5-6,14,16-17H,1,3-4,7-13,15,18-19H2,(H,27,28)/t25-/m0/s1. The van der Waals surface area contributed by atoms with Crippen LogP contribution >= 0.6 is 11.6 Å². The number of hydrogen-bond acceptors (Lipinski definition) is 5. The quantitative estimate of drug-likeness (QED) is 0.585. The molecule has 0 unspecified atom stereocenters. The molecule has 2 amide bonds. The zero-order valence-electron chi connectivity index (χ0n) is 19.5. The SMILES string of the molecule is O=C(C[C@@]1(COc2cccc(Cl)c2)CCCN(C(=O)CCCc2cn[nH]c2)C1)N1CCOCC1. The Morgan fingerprint density at radius 3 is 2.79 bits per heavy atom. The maximum absolute atomic E-state index is 13.2. The molecule has 1 aromatic heterocycles. The fraction of sp³-hybridized carbons (Fsp3) is 0.560. The number of nitrogens with zero attached hydrogens (tertiary/aromatic N) is 3. The van der Waals surface area contributed by atoms with E-state index in [4.69, 9.17) is 21.1 Å². The van der Waals surface area contributed by atoms with E-state index < -0.39 is 5.41 Å². The first-order chi connectivity index (χ1) is 16.5. The minimum absolute atomic E-state index is 0.104. The fourth-order valence-electron chi connectivity index (χ4n) is 4.79. The Bertz CT molecular complexity index is 948. The maximum Gasteiger partial charge on any atom is 0.223 e. The van der Waals surface area contributed by atoms with Crippen LogP contribution in [0.3, 0.4) is 0 Å². The van der Waals surface area contributed by atoms with E-state index in [0.717, 1.165) is 37.8 Å². The number of halogens is 1. The Morgan fingerprint density at radius 2 is 2.03 bits per heavy atom. The molecule has 9 heteroatoms. The molecule has 2 saturated heterocycles. The van der Waals surface area contributed by atoms with Crippen molar-refractivity contribution in [1.29, 1.82) is 0 Å². The van der Waals surface area contributed by atoms with Crippen LogP contribution in [-0.4, -0.2) is 77.8 Å². The number of piperidine rings is 1. The lowest BCUT2D eigenvalue weighted by Crippen LogP contribution is -2.52. The van der Waals surface area contributed by atoms with Crippen LogP contribution < -0.4 is 4.74 Å². The van der Waals surface area contributed by atoms with Crippen molar-refractivity contribution in [3.8, 4) is 5.75 Å². The Labute approximate surface area is 205 Å². The van der Waals surface area contributed by atoms with E-state index in [1.54, 1.807) is 18.3 Å². The number of aromatic nitrogens is 2. The van der Waals surface area contributed by atoms with Crippen molar-refractivity contribution >= 4 is 23.4 Å². The lowest BCUT2D eigenvalue weighted by Gasteiger charge is -2.43. The second-order valence-electron chi connectivity index (χ2n) is 9.29. The molecule has 0 bridgehead atoms. The van der Waals surface area contributed by atoms with E-state index in [-0.39, 0.29) is 11.8 Å². The zero-order valence-corrected chi connectivity index (χ0v) is 20.3. The highest BCUT2D eigenvalue weighted by Crippen LogP contribution is 2.36. The van der Waals surface area contributed by atoms with Gasteiger partial charge in [0.15, 0.2) is 0 Å². The van der Waals surface area contributed by atoms with Gasteiger partial charge in [0.1, 0.15) is 5.75 Å². The molecule has 0 spiro atoms. The van der Waals surface area contributed by atoms with Crippen molar-refractivity contribution in [2.75, 3.05) is 46.0 Å². The summed E-state index contributed by atoms with van der Waals surface area (Å²) in [6.07, 6.45) is 7.76. The van der Waals surface area contributed by atoms with Gasteiger partial charge in [0.2, 0.25) is 11.8 Å². The molecule has 34 heavy (non-hydrogen) atoms. The van der Waals surface area contributed by atoms with Crippen molar-refractivity contribution in [1.82, 2.24) is 20.0 Å². The summed E-state index contributed by atoms with van der Waals surface area (Å²) in [4.78, 5) is 30.0. The summed E-state index contributed by atoms with van der Waals surface area (Å²) in [5.41, 5.74) is 0.669. The van der Waals surface area contributed by atoms with Crippen LogP contribution in [0.4, 0.5) is 0 Å². The van der Waals surface area contributed by atoms with Crippen molar-refractivity contribution in [3.05, 3.63) is 47.2 Å². The van der Waals surface area contributed by atoms with E-state index >= 15 is 0 Å². The van der Waals surface area contributed by atoms with E-state index in [1.165, 1.54) is 0 Å². The number of likely N-dealkylation sites (tertiary alicyclic amines) is 1. The van der Waals surface area contributed by atoms with Crippen LogP contribution in [0.5, 0.6) is 5.75 Å². The summed E-state index contributed by atoms with van der Waals surface area (Å²) < 4.78 is 11.6. The van der Waals surface area contributed by atoms with Crippen molar-refractivity contribution < 1.29 is 19.1 Å². The molecule has 2 aliphatic rings. The lowest BCUT2D eigenvalue weighted by atomic mass is 9.77. The average molecular weight is 489 g/mol. The van der Waals surface area contributed by atoms with Gasteiger partial charge in [-0.3, -0.25) is 14.7 Å². The molecule has 0 radical (unpaired) electrons. The molecule has 8 nitrogen and oxygen atoms in total. The van der Waals surface area contributed by atoms with Crippen LogP contribution in [-0.2, 0) is 20.7 Å². The van der Waals surface area contributed by atoms with Crippen LogP contribution in [0, 0.1) is 5.41 Å². The van der Waals surface area contributed by atoms with E-state index in [1.807, 2.05) is 28.1 Å².